The number of hydrogen-bond acceptors (Lipinski definition) is 2. The molecule has 0 bridgehead atoms. The highest BCUT2D eigenvalue weighted by Gasteiger charge is 2.03. The third-order valence-electron chi connectivity index (χ3n) is 3.10. The van der Waals surface area contributed by atoms with Crippen LogP contribution in [0.3, 0.4) is 0 Å². The van der Waals surface area contributed by atoms with Gasteiger partial charge in [-0.2, -0.15) is 11.8 Å². The van der Waals surface area contributed by atoms with Crippen LogP contribution in [0.1, 0.15) is 29.2 Å². The molecule has 1 aromatic carbocycles. The highest BCUT2D eigenvalue weighted by molar-refractivity contribution is 7.99. The van der Waals surface area contributed by atoms with Crippen molar-refractivity contribution in [2.75, 3.05) is 12.8 Å². The molecule has 0 radical (unpaired) electrons. The molecule has 1 atom stereocenters. The summed E-state index contributed by atoms with van der Waals surface area (Å²) >= 11 is 1.91. The molecule has 0 aliphatic heterocycles. The molecule has 1 unspecified atom stereocenters. The van der Waals surface area contributed by atoms with Crippen LogP contribution in [0.15, 0.2) is 12.1 Å². The maximum absolute atomic E-state index is 3.52. The first-order valence-electron chi connectivity index (χ1n) is 5.84. The van der Waals surface area contributed by atoms with Crippen LogP contribution in [0, 0.1) is 20.8 Å². The number of thioether (sulfide) groups is 1. The fourth-order valence-electron chi connectivity index (χ4n) is 1.70. The largest absolute Gasteiger partial charge is 0.312 e. The summed E-state index contributed by atoms with van der Waals surface area (Å²) in [4.78, 5) is 0. The maximum atomic E-state index is 3.52. The predicted molar refractivity (Wildman–Crippen MR) is 75.3 cm³/mol. The van der Waals surface area contributed by atoms with E-state index in [4.69, 9.17) is 0 Å². The molecule has 0 amide bonds. The summed E-state index contributed by atoms with van der Waals surface area (Å²) in [7, 11) is 0. The van der Waals surface area contributed by atoms with Gasteiger partial charge in [0.15, 0.2) is 0 Å². The Morgan fingerprint density at radius 3 is 2.38 bits per heavy atom. The van der Waals surface area contributed by atoms with Gasteiger partial charge in [-0.1, -0.05) is 19.1 Å². The third kappa shape index (κ3) is 3.84. The molecule has 0 aliphatic carbocycles. The Labute approximate surface area is 104 Å². The highest BCUT2D eigenvalue weighted by atomic mass is 32.2. The summed E-state index contributed by atoms with van der Waals surface area (Å²) in [5.41, 5.74) is 5.60. The maximum Gasteiger partial charge on any atom is 0.0208 e. The minimum Gasteiger partial charge on any atom is -0.312 e. The molecular weight excluding hydrogens is 214 g/mol. The van der Waals surface area contributed by atoms with Crippen molar-refractivity contribution in [1.29, 1.82) is 0 Å². The van der Waals surface area contributed by atoms with Gasteiger partial charge in [0.1, 0.15) is 0 Å². The lowest BCUT2D eigenvalue weighted by Gasteiger charge is -2.13. The predicted octanol–water partition coefficient (Wildman–Crippen LogP) is 3.45. The lowest BCUT2D eigenvalue weighted by molar-refractivity contribution is 0.682. The third-order valence-corrected chi connectivity index (χ3v) is 4.07. The van der Waals surface area contributed by atoms with E-state index in [2.05, 4.69) is 51.4 Å². The number of benzene rings is 1. The lowest BCUT2D eigenvalue weighted by Crippen LogP contribution is -2.22. The zero-order valence-corrected chi connectivity index (χ0v) is 11.9. The summed E-state index contributed by atoms with van der Waals surface area (Å²) in [5.74, 6) is 0. The molecule has 0 heterocycles. The molecule has 0 aliphatic rings. The van der Waals surface area contributed by atoms with Gasteiger partial charge >= 0.3 is 0 Å². The second-order valence-electron chi connectivity index (χ2n) is 4.54. The first kappa shape index (κ1) is 13.6. The minimum absolute atomic E-state index is 0.687. The molecule has 0 spiro atoms. The molecule has 1 rings (SSSR count). The van der Waals surface area contributed by atoms with Crippen molar-refractivity contribution in [2.24, 2.45) is 0 Å². The van der Waals surface area contributed by atoms with E-state index in [-0.39, 0.29) is 0 Å². The van der Waals surface area contributed by atoms with E-state index in [0.717, 1.165) is 13.1 Å². The van der Waals surface area contributed by atoms with E-state index < -0.39 is 0 Å². The van der Waals surface area contributed by atoms with Crippen molar-refractivity contribution in [3.63, 3.8) is 0 Å². The topological polar surface area (TPSA) is 12.0 Å². The van der Waals surface area contributed by atoms with Crippen LogP contribution in [0.2, 0.25) is 0 Å². The molecule has 1 aromatic rings. The van der Waals surface area contributed by atoms with Crippen molar-refractivity contribution in [3.8, 4) is 0 Å². The average molecular weight is 237 g/mol. The van der Waals surface area contributed by atoms with Gasteiger partial charge in [0.05, 0.1) is 0 Å². The van der Waals surface area contributed by atoms with E-state index in [1.165, 1.54) is 22.3 Å². The van der Waals surface area contributed by atoms with E-state index in [1.807, 2.05) is 11.8 Å². The van der Waals surface area contributed by atoms with Gasteiger partial charge in [0, 0.05) is 18.3 Å². The van der Waals surface area contributed by atoms with E-state index in [1.54, 1.807) is 0 Å². The Hall–Kier alpha value is -0.470. The van der Waals surface area contributed by atoms with Crippen LogP contribution < -0.4 is 5.32 Å². The first-order chi connectivity index (χ1) is 7.54. The molecule has 0 saturated heterocycles. The molecule has 1 N–H and O–H groups in total. The summed E-state index contributed by atoms with van der Waals surface area (Å²) in [6.07, 6.45) is 2.16. The molecule has 0 saturated carbocycles. The van der Waals surface area contributed by atoms with E-state index in [0.29, 0.717) is 5.25 Å². The quantitative estimate of drug-likeness (QED) is 0.842. The molecule has 16 heavy (non-hydrogen) atoms. The van der Waals surface area contributed by atoms with Crippen molar-refractivity contribution in [3.05, 3.63) is 34.4 Å². The van der Waals surface area contributed by atoms with Crippen LogP contribution in [0.4, 0.5) is 0 Å². The molecule has 90 valence electrons. The normalized spacial score (nSPS) is 12.8. The Morgan fingerprint density at radius 2 is 1.75 bits per heavy atom. The second-order valence-corrected chi connectivity index (χ2v) is 5.82. The fourth-order valence-corrected chi connectivity index (χ4v) is 1.99. The fraction of sp³-hybridized carbons (Fsp3) is 0.571. The Kier molecular flexibility index (Phi) is 5.36. The second kappa shape index (κ2) is 6.31. The van der Waals surface area contributed by atoms with Crippen LogP contribution in [0.5, 0.6) is 0 Å². The van der Waals surface area contributed by atoms with Gasteiger partial charge in [-0.15, -0.1) is 0 Å². The summed E-state index contributed by atoms with van der Waals surface area (Å²) in [6.45, 7) is 10.9. The Bertz CT molecular complexity index is 347. The van der Waals surface area contributed by atoms with E-state index >= 15 is 0 Å². The minimum atomic E-state index is 0.687. The number of aryl methyl sites for hydroxylation is 3. The van der Waals surface area contributed by atoms with Gasteiger partial charge in [0.2, 0.25) is 0 Å². The zero-order chi connectivity index (χ0) is 12.1. The SMILES string of the molecule is CSC(C)CNCc1cc(C)c(C)cc1C. The molecule has 0 aromatic heterocycles. The Balaban J connectivity index is 2.57. The number of rotatable bonds is 5. The van der Waals surface area contributed by atoms with Gasteiger partial charge in [-0.25, -0.2) is 0 Å². The average Bonchev–Trinajstić information content (AvgIpc) is 2.25. The molecular formula is C14H23NS. The lowest BCUT2D eigenvalue weighted by atomic mass is 10.0. The number of hydrogen-bond donors (Lipinski definition) is 1. The summed E-state index contributed by atoms with van der Waals surface area (Å²) in [5, 5.41) is 4.21. The van der Waals surface area contributed by atoms with Gasteiger partial charge in [-0.3, -0.25) is 0 Å². The van der Waals surface area contributed by atoms with Gasteiger partial charge in [-0.05, 0) is 49.3 Å². The van der Waals surface area contributed by atoms with Crippen molar-refractivity contribution in [2.45, 2.75) is 39.5 Å². The smallest absolute Gasteiger partial charge is 0.0208 e. The van der Waals surface area contributed by atoms with Crippen molar-refractivity contribution >= 4 is 11.8 Å². The molecule has 0 fully saturated rings. The van der Waals surface area contributed by atoms with Crippen LogP contribution in [-0.4, -0.2) is 18.1 Å². The molecule has 2 heteroatoms. The van der Waals surface area contributed by atoms with Crippen LogP contribution in [-0.2, 0) is 6.54 Å². The Morgan fingerprint density at radius 1 is 1.12 bits per heavy atom. The van der Waals surface area contributed by atoms with Gasteiger partial charge in [0.25, 0.3) is 0 Å². The standard InChI is InChI=1S/C14H23NS/c1-10-6-12(3)14(7-11(10)2)9-15-8-13(4)16-5/h6-7,13,15H,8-9H2,1-5H3. The summed E-state index contributed by atoms with van der Waals surface area (Å²) < 4.78 is 0. The molecule has 1 nitrogen and oxygen atoms in total. The monoisotopic (exact) mass is 237 g/mol. The first-order valence-corrected chi connectivity index (χ1v) is 7.13. The zero-order valence-electron chi connectivity index (χ0n) is 11.1. The van der Waals surface area contributed by atoms with Crippen LogP contribution >= 0.6 is 11.8 Å². The van der Waals surface area contributed by atoms with Crippen molar-refractivity contribution in [1.82, 2.24) is 5.32 Å². The summed E-state index contributed by atoms with van der Waals surface area (Å²) in [6, 6.07) is 4.59. The highest BCUT2D eigenvalue weighted by Crippen LogP contribution is 2.15. The number of nitrogens with one attached hydrogen (secondary N) is 1. The van der Waals surface area contributed by atoms with Crippen molar-refractivity contribution < 1.29 is 0 Å². The van der Waals surface area contributed by atoms with Crippen LogP contribution in [0.25, 0.3) is 0 Å². The van der Waals surface area contributed by atoms with Gasteiger partial charge < -0.3 is 5.32 Å². The van der Waals surface area contributed by atoms with E-state index in [9.17, 15) is 0 Å².